The standard InChI is InChI=1S/C27H43N3O5/c1-18(2)14-22(12-13-31)28-25(32)23(15-19(3)4)29-26(33)24(16-20(5)6)30-27(34)35-17-21-10-8-7-9-11-21/h7-11,13,18-20,22-24H,12,14-17H2,1-6H3,(H,28,32)(H,29,33)(H,30,34)/t22-,23-,24+/m1/s1. The van der Waals surface area contributed by atoms with Crippen molar-refractivity contribution in [2.75, 3.05) is 0 Å². The number of nitrogens with one attached hydrogen (secondary N) is 3. The number of hydrogen-bond acceptors (Lipinski definition) is 5. The molecule has 0 aliphatic rings. The zero-order valence-electron chi connectivity index (χ0n) is 22.0. The van der Waals surface area contributed by atoms with E-state index in [4.69, 9.17) is 4.74 Å². The van der Waals surface area contributed by atoms with Crippen LogP contribution in [0.1, 0.15) is 72.8 Å². The molecule has 0 saturated heterocycles. The topological polar surface area (TPSA) is 114 Å². The molecule has 3 amide bonds. The first-order chi connectivity index (χ1) is 16.5. The van der Waals surface area contributed by atoms with E-state index in [-0.39, 0.29) is 36.8 Å². The van der Waals surface area contributed by atoms with E-state index < -0.39 is 24.1 Å². The Balaban J connectivity index is 2.86. The van der Waals surface area contributed by atoms with E-state index in [1.807, 2.05) is 71.9 Å². The molecule has 3 N–H and O–H groups in total. The van der Waals surface area contributed by atoms with Crippen LogP contribution in [0.2, 0.25) is 0 Å². The van der Waals surface area contributed by atoms with Crippen molar-refractivity contribution in [2.45, 2.75) is 92.0 Å². The SMILES string of the molecule is CC(C)C[C@@H](CC=O)NC(=O)[C@@H](CC(C)C)NC(=O)[C@H](CC(C)C)NC(=O)OCc1ccccc1. The number of amides is 3. The van der Waals surface area contributed by atoms with Gasteiger partial charge in [0, 0.05) is 12.5 Å². The predicted molar refractivity (Wildman–Crippen MR) is 136 cm³/mol. The lowest BCUT2D eigenvalue weighted by molar-refractivity contribution is -0.131. The molecule has 1 aromatic carbocycles. The smallest absolute Gasteiger partial charge is 0.408 e. The predicted octanol–water partition coefficient (Wildman–Crippen LogP) is 3.98. The fraction of sp³-hybridized carbons (Fsp3) is 0.630. The van der Waals surface area contributed by atoms with Gasteiger partial charge in [-0.3, -0.25) is 9.59 Å². The summed E-state index contributed by atoms with van der Waals surface area (Å²) in [4.78, 5) is 49.7. The van der Waals surface area contributed by atoms with Crippen LogP contribution in [-0.2, 0) is 25.7 Å². The van der Waals surface area contributed by atoms with Gasteiger partial charge in [0.2, 0.25) is 11.8 Å². The molecule has 0 unspecified atom stereocenters. The Hall–Kier alpha value is -2.90. The van der Waals surface area contributed by atoms with Crippen molar-refractivity contribution in [3.8, 4) is 0 Å². The number of carbonyl (C=O) groups is 4. The van der Waals surface area contributed by atoms with Crippen molar-refractivity contribution in [1.29, 1.82) is 0 Å². The molecule has 8 heteroatoms. The van der Waals surface area contributed by atoms with Gasteiger partial charge in [0.05, 0.1) is 0 Å². The summed E-state index contributed by atoms with van der Waals surface area (Å²) in [5.74, 6) is -0.185. The minimum atomic E-state index is -0.845. The van der Waals surface area contributed by atoms with E-state index >= 15 is 0 Å². The Morgan fingerprint density at radius 3 is 1.80 bits per heavy atom. The fourth-order valence-corrected chi connectivity index (χ4v) is 3.79. The summed E-state index contributed by atoms with van der Waals surface area (Å²) in [6.45, 7) is 12.0. The zero-order valence-corrected chi connectivity index (χ0v) is 22.0. The van der Waals surface area contributed by atoms with Crippen LogP contribution in [0.15, 0.2) is 30.3 Å². The Morgan fingerprint density at radius 1 is 0.771 bits per heavy atom. The summed E-state index contributed by atoms with van der Waals surface area (Å²) in [7, 11) is 0. The quantitative estimate of drug-likeness (QED) is 0.323. The molecule has 1 rings (SSSR count). The molecule has 0 aliphatic heterocycles. The molecule has 196 valence electrons. The van der Waals surface area contributed by atoms with E-state index in [9.17, 15) is 19.2 Å². The molecule has 35 heavy (non-hydrogen) atoms. The lowest BCUT2D eigenvalue weighted by Gasteiger charge is -2.27. The first kappa shape index (κ1) is 30.1. The minimum absolute atomic E-state index is 0.0923. The number of hydrogen-bond donors (Lipinski definition) is 3. The third kappa shape index (κ3) is 12.9. The second-order valence-electron chi connectivity index (χ2n) is 10.3. The van der Waals surface area contributed by atoms with Gasteiger partial charge in [-0.15, -0.1) is 0 Å². The maximum Gasteiger partial charge on any atom is 0.408 e. The molecule has 1 aromatic rings. The molecule has 0 aliphatic carbocycles. The third-order valence-corrected chi connectivity index (χ3v) is 5.35. The maximum absolute atomic E-state index is 13.2. The minimum Gasteiger partial charge on any atom is -0.445 e. The maximum atomic E-state index is 13.2. The van der Waals surface area contributed by atoms with Gasteiger partial charge in [-0.2, -0.15) is 0 Å². The monoisotopic (exact) mass is 489 g/mol. The van der Waals surface area contributed by atoms with Gasteiger partial charge < -0.3 is 25.5 Å². The lowest BCUT2D eigenvalue weighted by atomic mass is 9.98. The Labute approximate surface area is 210 Å². The number of alkyl carbamates (subject to hydrolysis) is 1. The second-order valence-corrected chi connectivity index (χ2v) is 10.3. The zero-order chi connectivity index (χ0) is 26.4. The van der Waals surface area contributed by atoms with E-state index in [2.05, 4.69) is 16.0 Å². The summed E-state index contributed by atoms with van der Waals surface area (Å²) in [6.07, 6.45) is 1.81. The summed E-state index contributed by atoms with van der Waals surface area (Å²) in [6, 6.07) is 7.36. The Bertz CT molecular complexity index is 795. The number of ether oxygens (including phenoxy) is 1. The van der Waals surface area contributed by atoms with E-state index in [0.717, 1.165) is 11.8 Å². The van der Waals surface area contributed by atoms with Gasteiger partial charge in [0.1, 0.15) is 25.0 Å². The van der Waals surface area contributed by atoms with E-state index in [1.165, 1.54) is 0 Å². The second kappa shape index (κ2) is 15.9. The van der Waals surface area contributed by atoms with Gasteiger partial charge in [-0.25, -0.2) is 4.79 Å². The molecule has 0 spiro atoms. The average molecular weight is 490 g/mol. The van der Waals surface area contributed by atoms with Crippen LogP contribution in [0.5, 0.6) is 0 Å². The highest BCUT2D eigenvalue weighted by Gasteiger charge is 2.29. The highest BCUT2D eigenvalue weighted by Crippen LogP contribution is 2.12. The van der Waals surface area contributed by atoms with Gasteiger partial charge in [-0.1, -0.05) is 71.9 Å². The summed E-state index contributed by atoms with van der Waals surface area (Å²) in [5.41, 5.74) is 0.840. The Kier molecular flexibility index (Phi) is 13.7. The van der Waals surface area contributed by atoms with Crippen LogP contribution in [0.4, 0.5) is 4.79 Å². The summed E-state index contributed by atoms with van der Waals surface area (Å²) < 4.78 is 5.28. The van der Waals surface area contributed by atoms with Gasteiger partial charge in [0.15, 0.2) is 0 Å². The highest BCUT2D eigenvalue weighted by atomic mass is 16.5. The van der Waals surface area contributed by atoms with Crippen LogP contribution in [0.25, 0.3) is 0 Å². The number of carbonyl (C=O) groups excluding carboxylic acids is 4. The molecular weight excluding hydrogens is 446 g/mol. The molecule has 3 atom stereocenters. The first-order valence-corrected chi connectivity index (χ1v) is 12.5. The molecule has 0 saturated carbocycles. The van der Waals surface area contributed by atoms with Gasteiger partial charge in [-0.05, 0) is 42.6 Å². The van der Waals surface area contributed by atoms with E-state index in [1.54, 1.807) is 0 Å². The fourth-order valence-electron chi connectivity index (χ4n) is 3.79. The number of rotatable bonds is 15. The third-order valence-electron chi connectivity index (χ3n) is 5.35. The first-order valence-electron chi connectivity index (χ1n) is 12.5. The molecular formula is C27H43N3O5. The van der Waals surface area contributed by atoms with Crippen molar-refractivity contribution in [3.63, 3.8) is 0 Å². The van der Waals surface area contributed by atoms with Crippen LogP contribution in [0, 0.1) is 17.8 Å². The normalized spacial score (nSPS) is 13.7. The Morgan fingerprint density at radius 2 is 1.29 bits per heavy atom. The molecule has 0 aromatic heterocycles. The largest absolute Gasteiger partial charge is 0.445 e. The van der Waals surface area contributed by atoms with Gasteiger partial charge in [0.25, 0.3) is 0 Å². The molecule has 8 nitrogen and oxygen atoms in total. The van der Waals surface area contributed by atoms with Crippen molar-refractivity contribution in [3.05, 3.63) is 35.9 Å². The lowest BCUT2D eigenvalue weighted by Crippen LogP contribution is -2.55. The summed E-state index contributed by atoms with van der Waals surface area (Å²) >= 11 is 0. The van der Waals surface area contributed by atoms with Crippen molar-refractivity contribution < 1.29 is 23.9 Å². The van der Waals surface area contributed by atoms with Crippen molar-refractivity contribution >= 4 is 24.2 Å². The van der Waals surface area contributed by atoms with Crippen LogP contribution < -0.4 is 16.0 Å². The molecule has 0 radical (unpaired) electrons. The molecule has 0 heterocycles. The number of aldehydes is 1. The average Bonchev–Trinajstić information content (AvgIpc) is 2.76. The van der Waals surface area contributed by atoms with Crippen LogP contribution in [-0.4, -0.2) is 42.3 Å². The van der Waals surface area contributed by atoms with Crippen molar-refractivity contribution in [2.24, 2.45) is 17.8 Å². The molecule has 0 fully saturated rings. The molecule has 0 bridgehead atoms. The number of benzene rings is 1. The van der Waals surface area contributed by atoms with Gasteiger partial charge >= 0.3 is 6.09 Å². The van der Waals surface area contributed by atoms with E-state index in [0.29, 0.717) is 25.2 Å². The van der Waals surface area contributed by atoms with Crippen LogP contribution in [0.3, 0.4) is 0 Å². The highest BCUT2D eigenvalue weighted by molar-refractivity contribution is 5.91. The van der Waals surface area contributed by atoms with Crippen molar-refractivity contribution in [1.82, 2.24) is 16.0 Å². The van der Waals surface area contributed by atoms with Crippen LogP contribution >= 0.6 is 0 Å². The summed E-state index contributed by atoms with van der Waals surface area (Å²) in [5, 5.41) is 8.40.